The van der Waals surface area contributed by atoms with Crippen LogP contribution < -0.4 is 11.1 Å². The quantitative estimate of drug-likeness (QED) is 0.788. The van der Waals surface area contributed by atoms with Crippen molar-refractivity contribution in [1.82, 2.24) is 5.32 Å². The summed E-state index contributed by atoms with van der Waals surface area (Å²) in [4.78, 5) is 11.7. The Bertz CT molecular complexity index is 204. The second kappa shape index (κ2) is 7.87. The molecule has 4 nitrogen and oxygen atoms in total. The van der Waals surface area contributed by atoms with Crippen LogP contribution in [-0.2, 0) is 9.53 Å². The van der Waals surface area contributed by atoms with E-state index in [9.17, 15) is 4.79 Å². The lowest BCUT2D eigenvalue weighted by Gasteiger charge is -2.20. The average Bonchev–Trinajstić information content (AvgIpc) is 2.45. The molecule has 0 aromatic rings. The molecule has 0 saturated carbocycles. The highest BCUT2D eigenvalue weighted by Gasteiger charge is 2.21. The molecule has 1 heterocycles. The van der Waals surface area contributed by atoms with Crippen LogP contribution in [0.3, 0.4) is 0 Å². The number of nitrogens with one attached hydrogen (secondary N) is 1. The molecule has 0 spiro atoms. The largest absolute Gasteiger partial charge is 0.381 e. The van der Waals surface area contributed by atoms with Crippen LogP contribution in [0, 0.1) is 5.92 Å². The van der Waals surface area contributed by atoms with Crippen LogP contribution in [0.2, 0.25) is 0 Å². The minimum atomic E-state index is -0.394. The van der Waals surface area contributed by atoms with Gasteiger partial charge in [0, 0.05) is 19.3 Å². The van der Waals surface area contributed by atoms with Crippen molar-refractivity contribution in [3.05, 3.63) is 0 Å². The van der Waals surface area contributed by atoms with Crippen LogP contribution in [-0.4, -0.2) is 31.2 Å². The number of amides is 1. The van der Waals surface area contributed by atoms with E-state index in [-0.39, 0.29) is 30.3 Å². The maximum absolute atomic E-state index is 11.7. The van der Waals surface area contributed by atoms with Crippen LogP contribution in [0.15, 0.2) is 0 Å². The van der Waals surface area contributed by atoms with E-state index in [2.05, 4.69) is 5.32 Å². The van der Waals surface area contributed by atoms with Gasteiger partial charge >= 0.3 is 0 Å². The fraction of sp³-hybridized carbons (Fsp3) is 0.909. The van der Waals surface area contributed by atoms with Crippen LogP contribution >= 0.6 is 12.4 Å². The molecular weight excluding hydrogens is 228 g/mol. The predicted octanol–water partition coefficient (Wildman–Crippen LogP) is 1.08. The molecule has 96 valence electrons. The first kappa shape index (κ1) is 15.7. The highest BCUT2D eigenvalue weighted by molar-refractivity contribution is 5.85. The monoisotopic (exact) mass is 250 g/mol. The maximum atomic E-state index is 11.7. The Morgan fingerprint density at radius 2 is 2.06 bits per heavy atom. The lowest BCUT2D eigenvalue weighted by molar-refractivity contribution is -0.124. The van der Waals surface area contributed by atoms with E-state index in [1.165, 1.54) is 0 Å². The Balaban J connectivity index is 0.00000225. The average molecular weight is 251 g/mol. The molecule has 1 aliphatic heterocycles. The number of rotatable bonds is 3. The molecule has 0 aromatic carbocycles. The summed E-state index contributed by atoms with van der Waals surface area (Å²) in [5.74, 6) is 0.156. The summed E-state index contributed by atoms with van der Waals surface area (Å²) in [5.41, 5.74) is 5.77. The molecule has 16 heavy (non-hydrogen) atoms. The topological polar surface area (TPSA) is 64.4 Å². The molecule has 2 atom stereocenters. The van der Waals surface area contributed by atoms with Gasteiger partial charge in [-0.3, -0.25) is 4.79 Å². The molecule has 1 unspecified atom stereocenters. The third-order valence-electron chi connectivity index (χ3n) is 2.82. The lowest BCUT2D eigenvalue weighted by Crippen LogP contribution is -2.47. The first-order valence-electron chi connectivity index (χ1n) is 5.75. The van der Waals surface area contributed by atoms with Gasteiger partial charge in [-0.1, -0.05) is 13.8 Å². The Morgan fingerprint density at radius 3 is 2.69 bits per heavy atom. The van der Waals surface area contributed by atoms with E-state index in [0.717, 1.165) is 32.5 Å². The van der Waals surface area contributed by atoms with E-state index in [1.807, 2.05) is 13.8 Å². The summed E-state index contributed by atoms with van der Waals surface area (Å²) >= 11 is 0. The van der Waals surface area contributed by atoms with Gasteiger partial charge in [0.05, 0.1) is 6.04 Å². The van der Waals surface area contributed by atoms with Gasteiger partial charge in [-0.05, 0) is 25.2 Å². The number of carbonyl (C=O) groups excluding carboxylic acids is 1. The highest BCUT2D eigenvalue weighted by atomic mass is 35.5. The maximum Gasteiger partial charge on any atom is 0.237 e. The Kier molecular flexibility index (Phi) is 7.72. The molecule has 0 aliphatic carbocycles. The molecule has 1 aliphatic rings. The number of hydrogen-bond donors (Lipinski definition) is 2. The van der Waals surface area contributed by atoms with Gasteiger partial charge in [0.25, 0.3) is 0 Å². The Labute approximate surface area is 104 Å². The number of nitrogens with two attached hydrogens (primary N) is 1. The van der Waals surface area contributed by atoms with Crippen molar-refractivity contribution in [2.75, 3.05) is 13.2 Å². The third kappa shape index (κ3) is 5.14. The molecule has 1 fully saturated rings. The van der Waals surface area contributed by atoms with Crippen LogP contribution in [0.25, 0.3) is 0 Å². The van der Waals surface area contributed by atoms with Gasteiger partial charge in [-0.25, -0.2) is 0 Å². The summed E-state index contributed by atoms with van der Waals surface area (Å²) in [6, 6.07) is -0.154. The first-order valence-corrected chi connectivity index (χ1v) is 5.75. The zero-order chi connectivity index (χ0) is 11.3. The minimum Gasteiger partial charge on any atom is -0.381 e. The summed E-state index contributed by atoms with van der Waals surface area (Å²) in [6.45, 7) is 5.46. The summed E-state index contributed by atoms with van der Waals surface area (Å²) in [5, 5.41) is 3.00. The number of hydrogen-bond acceptors (Lipinski definition) is 3. The summed E-state index contributed by atoms with van der Waals surface area (Å²) in [7, 11) is 0. The molecular formula is C11H23ClN2O2. The number of ether oxygens (including phenoxy) is 1. The van der Waals surface area contributed by atoms with E-state index in [1.54, 1.807) is 0 Å². The first-order chi connectivity index (χ1) is 7.11. The van der Waals surface area contributed by atoms with E-state index in [0.29, 0.717) is 0 Å². The Hall–Kier alpha value is -0.320. The molecule has 1 saturated heterocycles. The minimum absolute atomic E-state index is 0. The van der Waals surface area contributed by atoms with Crippen molar-refractivity contribution in [3.63, 3.8) is 0 Å². The summed E-state index contributed by atoms with van der Waals surface area (Å²) in [6.07, 6.45) is 2.91. The van der Waals surface area contributed by atoms with Gasteiger partial charge in [-0.2, -0.15) is 0 Å². The molecule has 1 rings (SSSR count). The molecule has 0 bridgehead atoms. The van der Waals surface area contributed by atoms with E-state index < -0.39 is 6.04 Å². The zero-order valence-electron chi connectivity index (χ0n) is 10.1. The smallest absolute Gasteiger partial charge is 0.237 e. The van der Waals surface area contributed by atoms with E-state index >= 15 is 0 Å². The fourth-order valence-electron chi connectivity index (χ4n) is 1.65. The van der Waals surface area contributed by atoms with Gasteiger partial charge < -0.3 is 15.8 Å². The van der Waals surface area contributed by atoms with Crippen molar-refractivity contribution >= 4 is 18.3 Å². The molecule has 0 aromatic heterocycles. The normalized spacial score (nSPS) is 23.1. The van der Waals surface area contributed by atoms with Gasteiger partial charge in [0.15, 0.2) is 0 Å². The predicted molar refractivity (Wildman–Crippen MR) is 66.7 cm³/mol. The van der Waals surface area contributed by atoms with Crippen molar-refractivity contribution < 1.29 is 9.53 Å². The van der Waals surface area contributed by atoms with Crippen LogP contribution in [0.5, 0.6) is 0 Å². The second-order valence-electron chi connectivity index (χ2n) is 4.52. The second-order valence-corrected chi connectivity index (χ2v) is 4.52. The highest BCUT2D eigenvalue weighted by Crippen LogP contribution is 2.09. The third-order valence-corrected chi connectivity index (χ3v) is 2.82. The molecule has 5 heteroatoms. The van der Waals surface area contributed by atoms with Crippen molar-refractivity contribution in [3.8, 4) is 0 Å². The van der Waals surface area contributed by atoms with Gasteiger partial charge in [0.2, 0.25) is 5.91 Å². The molecule has 0 radical (unpaired) electrons. The van der Waals surface area contributed by atoms with Crippen molar-refractivity contribution in [2.45, 2.75) is 45.2 Å². The summed E-state index contributed by atoms with van der Waals surface area (Å²) < 4.78 is 5.33. The fourth-order valence-corrected chi connectivity index (χ4v) is 1.65. The zero-order valence-corrected chi connectivity index (χ0v) is 10.9. The molecule has 3 N–H and O–H groups in total. The van der Waals surface area contributed by atoms with Crippen molar-refractivity contribution in [2.24, 2.45) is 11.7 Å². The Morgan fingerprint density at radius 1 is 1.38 bits per heavy atom. The van der Waals surface area contributed by atoms with Gasteiger partial charge in [0.1, 0.15) is 0 Å². The van der Waals surface area contributed by atoms with E-state index in [4.69, 9.17) is 10.5 Å². The standard InChI is InChI=1S/C11H22N2O2.ClH/c1-8(2)10(12)11(14)13-9-4-3-6-15-7-5-9;/h8-10H,3-7,12H2,1-2H3,(H,13,14);1H/t9?,10-;/m0./s1. The van der Waals surface area contributed by atoms with Crippen molar-refractivity contribution in [1.29, 1.82) is 0 Å². The van der Waals surface area contributed by atoms with Crippen LogP contribution in [0.4, 0.5) is 0 Å². The number of halogens is 1. The van der Waals surface area contributed by atoms with Crippen LogP contribution in [0.1, 0.15) is 33.1 Å². The van der Waals surface area contributed by atoms with Gasteiger partial charge in [-0.15, -0.1) is 12.4 Å². The SMILES string of the molecule is CC(C)[C@H](N)C(=O)NC1CCCOCC1.Cl. The lowest BCUT2D eigenvalue weighted by atomic mass is 10.0. The number of carbonyl (C=O) groups is 1. The molecule has 1 amide bonds.